The quantitative estimate of drug-likeness (QED) is 0.142. The van der Waals surface area contributed by atoms with Crippen molar-refractivity contribution in [3.05, 3.63) is 10.4 Å². The van der Waals surface area contributed by atoms with Crippen molar-refractivity contribution in [2.24, 2.45) is 33.6 Å². The zero-order valence-corrected chi connectivity index (χ0v) is 24.5. The van der Waals surface area contributed by atoms with Crippen LogP contribution in [0.15, 0.2) is 10.1 Å². The maximum atomic E-state index is 13.4. The lowest BCUT2D eigenvalue weighted by atomic mass is 9.70. The van der Waals surface area contributed by atoms with Gasteiger partial charge in [0.2, 0.25) is 5.91 Å². The number of nitrogens with zero attached hydrogens (tertiary/aromatic N) is 4. The first-order chi connectivity index (χ1) is 19.3. The molecule has 3 N–H and O–H groups in total. The summed E-state index contributed by atoms with van der Waals surface area (Å²) in [5, 5.41) is 12.5. The molecule has 3 fully saturated rings. The Hall–Kier alpha value is -1.88. The van der Waals surface area contributed by atoms with Crippen molar-refractivity contribution in [3.63, 3.8) is 0 Å². The number of aliphatic hydroxyl groups excluding tert-OH is 1. The van der Waals surface area contributed by atoms with Gasteiger partial charge in [0, 0.05) is 36.5 Å². The Kier molecular flexibility index (Phi) is 11.1. The number of ether oxygens (including phenoxy) is 2. The lowest BCUT2D eigenvalue weighted by Crippen LogP contribution is -2.55. The molecule has 0 aromatic heterocycles. The Labute approximate surface area is 238 Å². The number of primary amides is 1. The van der Waals surface area contributed by atoms with Gasteiger partial charge in [-0.2, -0.15) is 0 Å². The van der Waals surface area contributed by atoms with Crippen molar-refractivity contribution >= 4 is 21.6 Å². The number of carbonyl (C=O) groups excluding carboxylic acids is 1. The minimum Gasteiger partial charge on any atom is -0.474 e. The van der Waals surface area contributed by atoms with Crippen LogP contribution in [-0.4, -0.2) is 73.8 Å². The van der Waals surface area contributed by atoms with Crippen LogP contribution in [0.1, 0.15) is 96.3 Å². The van der Waals surface area contributed by atoms with Crippen LogP contribution in [-0.2, 0) is 24.1 Å². The van der Waals surface area contributed by atoms with Gasteiger partial charge in [0.15, 0.2) is 21.3 Å². The average Bonchev–Trinajstić information content (AvgIpc) is 3.37. The summed E-state index contributed by atoms with van der Waals surface area (Å²) in [6.45, 7) is 0.941. The molecule has 0 aromatic rings. The number of amides is 1. The van der Waals surface area contributed by atoms with Crippen molar-refractivity contribution < 1.29 is 27.8 Å². The maximum Gasteiger partial charge on any atom is 0.249 e. The normalized spacial score (nSPS) is 33.5. The fraction of sp³-hybridized carbons (Fsp3) is 0.929. The highest BCUT2D eigenvalue weighted by atomic mass is 32.2. The van der Waals surface area contributed by atoms with Crippen molar-refractivity contribution in [1.29, 1.82) is 0 Å². The van der Waals surface area contributed by atoms with Gasteiger partial charge in [-0.1, -0.05) is 37.2 Å². The predicted octanol–water partition coefficient (Wildman–Crippen LogP) is 4.22. The third kappa shape index (κ3) is 7.30. The van der Waals surface area contributed by atoms with E-state index in [2.05, 4.69) is 10.0 Å². The largest absolute Gasteiger partial charge is 0.474 e. The minimum atomic E-state index is -3.42. The molecule has 0 radical (unpaired) electrons. The molecule has 2 unspecified atom stereocenters. The molecule has 3 saturated carbocycles. The molecule has 0 spiro atoms. The van der Waals surface area contributed by atoms with Gasteiger partial charge in [0.25, 0.3) is 0 Å². The first-order valence-electron chi connectivity index (χ1n) is 15.3. The van der Waals surface area contributed by atoms with Gasteiger partial charge in [0.05, 0.1) is 17.1 Å². The highest BCUT2D eigenvalue weighted by molar-refractivity contribution is 7.92. The molecule has 0 bridgehead atoms. The number of sulfone groups is 1. The van der Waals surface area contributed by atoms with Crippen molar-refractivity contribution in [2.45, 2.75) is 119 Å². The molecule has 12 heteroatoms. The first kappa shape index (κ1) is 31.1. The van der Waals surface area contributed by atoms with Crippen LogP contribution in [0.2, 0.25) is 0 Å². The highest BCUT2D eigenvalue weighted by Gasteiger charge is 2.57. The molecule has 1 heterocycles. The molecule has 3 aliphatic carbocycles. The van der Waals surface area contributed by atoms with Gasteiger partial charge in [-0.3, -0.25) is 4.79 Å². The molecular formula is C28H47N5O6S. The van der Waals surface area contributed by atoms with Crippen LogP contribution in [0.25, 0.3) is 10.4 Å². The van der Waals surface area contributed by atoms with Crippen LogP contribution in [0, 0.1) is 17.8 Å². The molecule has 1 amide bonds. The van der Waals surface area contributed by atoms with E-state index >= 15 is 0 Å². The topological polar surface area (TPSA) is 177 Å². The van der Waals surface area contributed by atoms with E-state index in [1.807, 2.05) is 0 Å². The van der Waals surface area contributed by atoms with E-state index in [-0.39, 0.29) is 47.9 Å². The van der Waals surface area contributed by atoms with E-state index in [4.69, 9.17) is 30.8 Å². The summed E-state index contributed by atoms with van der Waals surface area (Å²) in [5.41, 5.74) is 13.6. The second kappa shape index (κ2) is 14.3. The number of rotatable bonds is 13. The summed E-state index contributed by atoms with van der Waals surface area (Å²) in [6.07, 6.45) is 11.1. The number of azide groups is 1. The van der Waals surface area contributed by atoms with Crippen LogP contribution in [0.3, 0.4) is 0 Å². The molecule has 0 saturated heterocycles. The Morgan fingerprint density at radius 1 is 1.10 bits per heavy atom. The predicted molar refractivity (Wildman–Crippen MR) is 152 cm³/mol. The molecule has 11 nitrogen and oxygen atoms in total. The number of aliphatic imine (C=N–C) groups is 1. The second-order valence-corrected chi connectivity index (χ2v) is 14.6. The van der Waals surface area contributed by atoms with Gasteiger partial charge in [-0.05, 0) is 75.7 Å². The van der Waals surface area contributed by atoms with E-state index in [0.29, 0.717) is 38.3 Å². The smallest absolute Gasteiger partial charge is 0.249 e. The summed E-state index contributed by atoms with van der Waals surface area (Å²) >= 11 is 0. The molecule has 40 heavy (non-hydrogen) atoms. The Balaban J connectivity index is 1.58. The third-order valence-corrected chi connectivity index (χ3v) is 12.0. The Morgan fingerprint density at radius 2 is 1.80 bits per heavy atom. The van der Waals surface area contributed by atoms with E-state index in [1.165, 1.54) is 0 Å². The number of aliphatic hydroxyl groups is 1. The average molecular weight is 582 g/mol. The van der Waals surface area contributed by atoms with E-state index in [1.54, 1.807) is 0 Å². The zero-order valence-electron chi connectivity index (χ0n) is 23.7. The summed E-state index contributed by atoms with van der Waals surface area (Å²) in [6, 6.07) is 0. The van der Waals surface area contributed by atoms with Crippen LogP contribution in [0.4, 0.5) is 0 Å². The third-order valence-electron chi connectivity index (χ3n) is 9.70. The Morgan fingerprint density at radius 3 is 2.48 bits per heavy atom. The highest BCUT2D eigenvalue weighted by Crippen LogP contribution is 2.45. The molecule has 4 aliphatic rings. The number of carbonyl (C=O) groups is 1. The van der Waals surface area contributed by atoms with Crippen LogP contribution in [0.5, 0.6) is 0 Å². The Bertz CT molecular complexity index is 1030. The number of hydrogen-bond acceptors (Lipinski definition) is 8. The van der Waals surface area contributed by atoms with Gasteiger partial charge in [-0.15, -0.1) is 0 Å². The fourth-order valence-electron chi connectivity index (χ4n) is 7.34. The first-order valence-corrected chi connectivity index (χ1v) is 17.0. The summed E-state index contributed by atoms with van der Waals surface area (Å²) in [5.74, 6) is -0.343. The van der Waals surface area contributed by atoms with Gasteiger partial charge >= 0.3 is 0 Å². The molecule has 4 rings (SSSR count). The molecular weight excluding hydrogens is 534 g/mol. The molecule has 0 aromatic carbocycles. The lowest BCUT2D eigenvalue weighted by Gasteiger charge is -2.40. The number of nitrogens with two attached hydrogens (primary N) is 1. The second-order valence-electron chi connectivity index (χ2n) is 12.2. The maximum absolute atomic E-state index is 13.4. The molecule has 1 aliphatic heterocycles. The van der Waals surface area contributed by atoms with Crippen molar-refractivity contribution in [1.82, 2.24) is 0 Å². The van der Waals surface area contributed by atoms with E-state index in [9.17, 15) is 13.2 Å². The molecule has 226 valence electrons. The van der Waals surface area contributed by atoms with Gasteiger partial charge < -0.3 is 20.3 Å². The van der Waals surface area contributed by atoms with E-state index in [0.717, 1.165) is 70.6 Å². The minimum absolute atomic E-state index is 0.00976. The van der Waals surface area contributed by atoms with Crippen LogP contribution >= 0.6 is 0 Å². The van der Waals surface area contributed by atoms with Crippen molar-refractivity contribution in [3.8, 4) is 0 Å². The zero-order chi connectivity index (χ0) is 28.6. The number of hydrogen-bond donors (Lipinski definition) is 2. The SMILES string of the molecule is [N-]=[N+]=NCC1CCCCC1[C@H]1OC(C2CCC(OCCCO)CC2)=N[C@@]1(CCS(=O)(=O)C1CCCCC1)C(N)=O. The van der Waals surface area contributed by atoms with Crippen molar-refractivity contribution in [2.75, 3.05) is 25.5 Å². The summed E-state index contributed by atoms with van der Waals surface area (Å²) in [7, 11) is -3.42. The summed E-state index contributed by atoms with van der Waals surface area (Å²) < 4.78 is 39.3. The molecule has 4 atom stereocenters. The summed E-state index contributed by atoms with van der Waals surface area (Å²) in [4.78, 5) is 21.2. The van der Waals surface area contributed by atoms with Gasteiger partial charge in [0.1, 0.15) is 6.10 Å². The van der Waals surface area contributed by atoms with Gasteiger partial charge in [-0.25, -0.2) is 13.4 Å². The van der Waals surface area contributed by atoms with E-state index < -0.39 is 27.4 Å². The van der Waals surface area contributed by atoms with Crippen LogP contribution < -0.4 is 5.73 Å². The monoisotopic (exact) mass is 581 g/mol. The fourth-order valence-corrected chi connectivity index (χ4v) is 9.32. The standard InChI is InChI=1S/C28H47N5O6S/c29-27(35)28(15-18-40(36,37)23-8-2-1-3-9-23)25(24-10-5-4-7-21(24)19-31-33-30)39-26(32-28)20-11-13-22(14-12-20)38-17-6-16-34/h20-25,34H,1-19H2,(H2,29,35)/t20?,21?,22?,24?,25-,28-/m1/s1. The lowest BCUT2D eigenvalue weighted by molar-refractivity contribution is -0.127.